The van der Waals surface area contributed by atoms with Gasteiger partial charge < -0.3 is 4.90 Å². The van der Waals surface area contributed by atoms with Gasteiger partial charge in [0.15, 0.2) is 0 Å². The number of aryl methyl sites for hydroxylation is 1. The van der Waals surface area contributed by atoms with Gasteiger partial charge in [-0.05, 0) is 25.1 Å². The molecule has 0 aliphatic heterocycles. The van der Waals surface area contributed by atoms with Crippen LogP contribution in [0.3, 0.4) is 0 Å². The molecule has 1 amide bonds. The van der Waals surface area contributed by atoms with E-state index in [2.05, 4.69) is 4.98 Å². The summed E-state index contributed by atoms with van der Waals surface area (Å²) in [7, 11) is 3.45. The van der Waals surface area contributed by atoms with Crippen LogP contribution in [0, 0.1) is 6.92 Å². The van der Waals surface area contributed by atoms with Crippen molar-refractivity contribution in [2.75, 3.05) is 20.6 Å². The summed E-state index contributed by atoms with van der Waals surface area (Å²) in [6.45, 7) is 0.213. The molecular weight excluding hydrogens is 314 g/mol. The minimum Gasteiger partial charge on any atom is -0.340 e. The first kappa shape index (κ1) is 18.1. The number of carbonyl (C=O) groups excluding carboxylic acids is 1. The fourth-order valence-corrected chi connectivity index (χ4v) is 2.42. The van der Waals surface area contributed by atoms with E-state index in [4.69, 9.17) is 0 Å². The summed E-state index contributed by atoms with van der Waals surface area (Å²) in [5.41, 5.74) is 2.22. The van der Waals surface area contributed by atoms with Crippen molar-refractivity contribution in [3.8, 4) is 0 Å². The monoisotopic (exact) mass is 336 g/mol. The van der Waals surface area contributed by atoms with Crippen molar-refractivity contribution in [1.82, 2.24) is 19.4 Å². The van der Waals surface area contributed by atoms with Gasteiger partial charge in [0.25, 0.3) is 0 Å². The molecule has 0 N–H and O–H groups in total. The predicted octanol–water partition coefficient (Wildman–Crippen LogP) is 2.68. The standard InChI is InChI=1S/C17H22F2N4O/c1-13-6-4-5-7-14(13)10-22(3)16(24)12-21(2)11-15-20-8-9-23(15)17(18)19/h4-9,17H,10-12H2,1-3H3. The molecular formula is C17H22F2N4O. The molecule has 0 aliphatic carbocycles. The number of nitrogens with zero attached hydrogens (tertiary/aromatic N) is 4. The Balaban J connectivity index is 1.91. The molecule has 2 aromatic rings. The van der Waals surface area contributed by atoms with Gasteiger partial charge >= 0.3 is 6.55 Å². The van der Waals surface area contributed by atoms with Crippen LogP contribution in [0.15, 0.2) is 36.7 Å². The summed E-state index contributed by atoms with van der Waals surface area (Å²) >= 11 is 0. The lowest BCUT2D eigenvalue weighted by Gasteiger charge is -2.22. The number of halogens is 2. The smallest absolute Gasteiger partial charge is 0.319 e. The third kappa shape index (κ3) is 4.61. The lowest BCUT2D eigenvalue weighted by atomic mass is 10.1. The van der Waals surface area contributed by atoms with Crippen LogP contribution in [0.2, 0.25) is 0 Å². The normalized spacial score (nSPS) is 11.3. The van der Waals surface area contributed by atoms with Gasteiger partial charge in [0.2, 0.25) is 5.91 Å². The molecule has 1 heterocycles. The van der Waals surface area contributed by atoms with E-state index in [0.717, 1.165) is 15.7 Å². The van der Waals surface area contributed by atoms with Gasteiger partial charge in [-0.25, -0.2) is 4.98 Å². The number of amides is 1. The molecule has 7 heteroatoms. The average Bonchev–Trinajstić information content (AvgIpc) is 2.97. The van der Waals surface area contributed by atoms with Crippen LogP contribution in [0.5, 0.6) is 0 Å². The second-order valence-corrected chi connectivity index (χ2v) is 5.88. The topological polar surface area (TPSA) is 41.4 Å². The zero-order valence-corrected chi connectivity index (χ0v) is 14.1. The molecule has 0 fully saturated rings. The van der Waals surface area contributed by atoms with E-state index in [1.54, 1.807) is 23.9 Å². The Kier molecular flexibility index (Phi) is 6.03. The molecule has 0 atom stereocenters. The summed E-state index contributed by atoms with van der Waals surface area (Å²) in [4.78, 5) is 19.6. The molecule has 0 saturated heterocycles. The minimum atomic E-state index is -2.63. The number of aromatic nitrogens is 2. The Morgan fingerprint density at radius 2 is 1.96 bits per heavy atom. The Labute approximate surface area is 140 Å². The number of imidazole rings is 1. The highest BCUT2D eigenvalue weighted by atomic mass is 19.3. The third-order valence-corrected chi connectivity index (χ3v) is 3.87. The highest BCUT2D eigenvalue weighted by Crippen LogP contribution is 2.14. The zero-order valence-electron chi connectivity index (χ0n) is 14.1. The fourth-order valence-electron chi connectivity index (χ4n) is 2.42. The molecule has 0 radical (unpaired) electrons. The first-order chi connectivity index (χ1) is 11.4. The van der Waals surface area contributed by atoms with Crippen LogP contribution < -0.4 is 0 Å². The molecule has 5 nitrogen and oxygen atoms in total. The quantitative estimate of drug-likeness (QED) is 0.781. The lowest BCUT2D eigenvalue weighted by molar-refractivity contribution is -0.131. The van der Waals surface area contributed by atoms with Crippen LogP contribution >= 0.6 is 0 Å². The number of likely N-dealkylation sites (N-methyl/N-ethyl adjacent to an activating group) is 2. The second kappa shape index (κ2) is 8.01. The second-order valence-electron chi connectivity index (χ2n) is 5.88. The molecule has 0 saturated carbocycles. The minimum absolute atomic E-state index is 0.0732. The highest BCUT2D eigenvalue weighted by molar-refractivity contribution is 5.78. The van der Waals surface area contributed by atoms with Gasteiger partial charge in [-0.2, -0.15) is 8.78 Å². The van der Waals surface area contributed by atoms with Gasteiger partial charge in [-0.15, -0.1) is 0 Å². The molecule has 0 unspecified atom stereocenters. The Bertz CT molecular complexity index is 687. The van der Waals surface area contributed by atoms with Crippen molar-refractivity contribution < 1.29 is 13.6 Å². The maximum absolute atomic E-state index is 12.8. The highest BCUT2D eigenvalue weighted by Gasteiger charge is 2.16. The van der Waals surface area contributed by atoms with Crippen molar-refractivity contribution >= 4 is 5.91 Å². The zero-order chi connectivity index (χ0) is 17.7. The predicted molar refractivity (Wildman–Crippen MR) is 87.5 cm³/mol. The summed E-state index contributed by atoms with van der Waals surface area (Å²) in [5.74, 6) is 0.165. The Morgan fingerprint density at radius 3 is 2.62 bits per heavy atom. The van der Waals surface area contributed by atoms with Crippen molar-refractivity contribution in [2.24, 2.45) is 0 Å². The number of benzene rings is 1. The van der Waals surface area contributed by atoms with E-state index < -0.39 is 6.55 Å². The summed E-state index contributed by atoms with van der Waals surface area (Å²) in [6, 6.07) is 7.89. The average molecular weight is 336 g/mol. The van der Waals surface area contributed by atoms with E-state index in [0.29, 0.717) is 6.54 Å². The van der Waals surface area contributed by atoms with Gasteiger partial charge in [0, 0.05) is 26.0 Å². The van der Waals surface area contributed by atoms with Gasteiger partial charge in [-0.1, -0.05) is 24.3 Å². The summed E-state index contributed by atoms with van der Waals surface area (Å²) < 4.78 is 26.4. The van der Waals surface area contributed by atoms with Crippen LogP contribution in [0.25, 0.3) is 0 Å². The number of carbonyl (C=O) groups is 1. The molecule has 0 bridgehead atoms. The molecule has 0 aliphatic rings. The van der Waals surface area contributed by atoms with Crippen molar-refractivity contribution in [2.45, 2.75) is 26.6 Å². The molecule has 1 aromatic heterocycles. The van der Waals surface area contributed by atoms with Gasteiger partial charge in [0.05, 0.1) is 13.1 Å². The summed E-state index contributed by atoms with van der Waals surface area (Å²) in [5, 5.41) is 0. The van der Waals surface area contributed by atoms with Crippen molar-refractivity contribution in [1.29, 1.82) is 0 Å². The van der Waals surface area contributed by atoms with Gasteiger partial charge in [-0.3, -0.25) is 14.3 Å². The Morgan fingerprint density at radius 1 is 1.25 bits per heavy atom. The molecule has 2 rings (SSSR count). The third-order valence-electron chi connectivity index (χ3n) is 3.87. The summed E-state index contributed by atoms with van der Waals surface area (Å²) in [6.07, 6.45) is 2.57. The van der Waals surface area contributed by atoms with Gasteiger partial charge in [0.1, 0.15) is 5.82 Å². The SMILES string of the molecule is Cc1ccccc1CN(C)C(=O)CN(C)Cc1nccn1C(F)F. The maximum atomic E-state index is 12.8. The van der Waals surface area contributed by atoms with E-state index >= 15 is 0 Å². The van der Waals surface area contributed by atoms with Crippen LogP contribution in [0.4, 0.5) is 8.78 Å². The van der Waals surface area contributed by atoms with Crippen LogP contribution in [-0.2, 0) is 17.9 Å². The molecule has 0 spiro atoms. The van der Waals surface area contributed by atoms with Crippen molar-refractivity contribution in [3.05, 3.63) is 53.6 Å². The van der Waals surface area contributed by atoms with E-state index in [-0.39, 0.29) is 24.8 Å². The molecule has 130 valence electrons. The fraction of sp³-hybridized carbons (Fsp3) is 0.412. The first-order valence-corrected chi connectivity index (χ1v) is 7.65. The van der Waals surface area contributed by atoms with Crippen LogP contribution in [0.1, 0.15) is 23.5 Å². The number of alkyl halides is 2. The number of hydrogen-bond donors (Lipinski definition) is 0. The van der Waals surface area contributed by atoms with E-state index in [9.17, 15) is 13.6 Å². The largest absolute Gasteiger partial charge is 0.340 e. The lowest BCUT2D eigenvalue weighted by Crippen LogP contribution is -2.36. The van der Waals surface area contributed by atoms with E-state index in [1.165, 1.54) is 12.4 Å². The first-order valence-electron chi connectivity index (χ1n) is 7.65. The molecule has 24 heavy (non-hydrogen) atoms. The van der Waals surface area contributed by atoms with Crippen molar-refractivity contribution in [3.63, 3.8) is 0 Å². The Hall–Kier alpha value is -2.28. The van der Waals surface area contributed by atoms with Crippen LogP contribution in [-0.4, -0.2) is 45.9 Å². The molecule has 1 aromatic carbocycles. The maximum Gasteiger partial charge on any atom is 0.319 e. The number of rotatable bonds is 7. The number of hydrogen-bond acceptors (Lipinski definition) is 3. The van der Waals surface area contributed by atoms with E-state index in [1.807, 2.05) is 31.2 Å².